The highest BCUT2D eigenvalue weighted by atomic mass is 32.2. The molecule has 4 atom stereocenters. The number of hydrogen-bond donors (Lipinski definition) is 0. The van der Waals surface area contributed by atoms with Gasteiger partial charge in [-0.3, -0.25) is 0 Å². The van der Waals surface area contributed by atoms with E-state index in [9.17, 15) is 0 Å². The minimum atomic E-state index is 0.431. The van der Waals surface area contributed by atoms with Crippen molar-refractivity contribution in [3.05, 3.63) is 0 Å². The molecule has 2 nitrogen and oxygen atoms in total. The Balaban J connectivity index is 1.69. The zero-order chi connectivity index (χ0) is 6.43. The topological polar surface area (TPSA) is 25.1 Å². The Kier molecular flexibility index (Phi) is 1.25. The molecule has 2 fully saturated rings. The standard InChI is InChI=1S/C6H10O2S/c1-3-5(7-3)9-6-4(2)8-6/h3-6H,1-2H3. The van der Waals surface area contributed by atoms with Crippen molar-refractivity contribution >= 4 is 11.8 Å². The summed E-state index contributed by atoms with van der Waals surface area (Å²) in [5.41, 5.74) is 0.861. The van der Waals surface area contributed by atoms with Crippen LogP contribution in [0.25, 0.3) is 0 Å². The molecule has 0 amide bonds. The molecule has 2 rings (SSSR count). The van der Waals surface area contributed by atoms with E-state index in [2.05, 4.69) is 13.8 Å². The summed E-state index contributed by atoms with van der Waals surface area (Å²) in [7, 11) is 0. The van der Waals surface area contributed by atoms with Crippen LogP contribution in [0.15, 0.2) is 0 Å². The molecular weight excluding hydrogens is 136 g/mol. The maximum atomic E-state index is 5.20. The third-order valence-corrected chi connectivity index (χ3v) is 3.10. The second kappa shape index (κ2) is 1.87. The number of hydrogen-bond acceptors (Lipinski definition) is 3. The van der Waals surface area contributed by atoms with Gasteiger partial charge in [-0.25, -0.2) is 0 Å². The van der Waals surface area contributed by atoms with Crippen molar-refractivity contribution in [2.75, 3.05) is 0 Å². The van der Waals surface area contributed by atoms with Gasteiger partial charge >= 0.3 is 0 Å². The molecule has 3 heteroatoms. The van der Waals surface area contributed by atoms with Crippen LogP contribution in [0, 0.1) is 0 Å². The molecule has 0 radical (unpaired) electrons. The lowest BCUT2D eigenvalue weighted by atomic mass is 10.6. The van der Waals surface area contributed by atoms with Crippen LogP contribution in [0.4, 0.5) is 0 Å². The van der Waals surface area contributed by atoms with Crippen LogP contribution in [0.1, 0.15) is 13.8 Å². The molecule has 2 heterocycles. The fourth-order valence-corrected chi connectivity index (χ4v) is 1.94. The van der Waals surface area contributed by atoms with E-state index in [1.165, 1.54) is 0 Å². The van der Waals surface area contributed by atoms with Gasteiger partial charge in [0.15, 0.2) is 0 Å². The van der Waals surface area contributed by atoms with Gasteiger partial charge in [0.1, 0.15) is 10.9 Å². The molecule has 0 spiro atoms. The molecule has 0 N–H and O–H groups in total. The van der Waals surface area contributed by atoms with Crippen molar-refractivity contribution < 1.29 is 9.47 Å². The predicted octanol–water partition coefficient (Wildman–Crippen LogP) is 1.21. The van der Waals surface area contributed by atoms with Crippen molar-refractivity contribution in [3.8, 4) is 0 Å². The smallest absolute Gasteiger partial charge is 0.132 e. The molecule has 52 valence electrons. The minimum absolute atomic E-state index is 0.431. The quantitative estimate of drug-likeness (QED) is 0.547. The van der Waals surface area contributed by atoms with Crippen molar-refractivity contribution in [1.29, 1.82) is 0 Å². The lowest BCUT2D eigenvalue weighted by Crippen LogP contribution is -1.87. The molecule has 0 aromatic heterocycles. The molecule has 0 aromatic carbocycles. The van der Waals surface area contributed by atoms with Crippen LogP contribution in [0.2, 0.25) is 0 Å². The monoisotopic (exact) mass is 146 g/mol. The number of epoxide rings is 2. The summed E-state index contributed by atoms with van der Waals surface area (Å²) < 4.78 is 10.4. The Hall–Kier alpha value is 0.270. The molecular formula is C6H10O2S. The van der Waals surface area contributed by atoms with Gasteiger partial charge in [-0.15, -0.1) is 0 Å². The van der Waals surface area contributed by atoms with E-state index in [1.54, 1.807) is 11.8 Å². The second-order valence-corrected chi connectivity index (χ2v) is 3.76. The van der Waals surface area contributed by atoms with E-state index in [0.29, 0.717) is 23.1 Å². The summed E-state index contributed by atoms with van der Waals surface area (Å²) >= 11 is 1.80. The maximum Gasteiger partial charge on any atom is 0.132 e. The van der Waals surface area contributed by atoms with Gasteiger partial charge in [-0.1, -0.05) is 11.8 Å². The first-order chi connectivity index (χ1) is 4.27. The van der Waals surface area contributed by atoms with Crippen molar-refractivity contribution in [3.63, 3.8) is 0 Å². The Bertz CT molecular complexity index is 114. The molecule has 9 heavy (non-hydrogen) atoms. The van der Waals surface area contributed by atoms with Crippen LogP contribution in [-0.2, 0) is 9.47 Å². The number of thioether (sulfide) groups is 1. The van der Waals surface area contributed by atoms with Crippen LogP contribution in [0.3, 0.4) is 0 Å². The van der Waals surface area contributed by atoms with E-state index in [-0.39, 0.29) is 0 Å². The van der Waals surface area contributed by atoms with E-state index in [0.717, 1.165) is 0 Å². The van der Waals surface area contributed by atoms with Gasteiger partial charge in [-0.2, -0.15) is 0 Å². The summed E-state index contributed by atoms with van der Waals surface area (Å²) in [6.45, 7) is 4.18. The van der Waals surface area contributed by atoms with E-state index < -0.39 is 0 Å². The fraction of sp³-hybridized carbons (Fsp3) is 1.00. The Labute approximate surface area is 58.9 Å². The van der Waals surface area contributed by atoms with Gasteiger partial charge in [0.05, 0.1) is 12.2 Å². The van der Waals surface area contributed by atoms with Gasteiger partial charge in [0, 0.05) is 0 Å². The summed E-state index contributed by atoms with van der Waals surface area (Å²) in [5.74, 6) is 0. The molecule has 0 bridgehead atoms. The zero-order valence-electron chi connectivity index (χ0n) is 5.53. The van der Waals surface area contributed by atoms with E-state index >= 15 is 0 Å². The SMILES string of the molecule is CC1OC1SC1OC1C. The molecule has 0 saturated carbocycles. The fourth-order valence-electron chi connectivity index (χ4n) is 0.750. The molecule has 2 aliphatic heterocycles. The summed E-state index contributed by atoms with van der Waals surface area (Å²) in [6.07, 6.45) is 0.929. The predicted molar refractivity (Wildman–Crippen MR) is 36.3 cm³/mol. The normalized spacial score (nSPS) is 55.3. The molecule has 4 unspecified atom stereocenters. The first kappa shape index (κ1) is 6.01. The average molecular weight is 146 g/mol. The first-order valence-corrected chi connectivity index (χ1v) is 4.18. The Morgan fingerprint density at radius 1 is 1.00 bits per heavy atom. The van der Waals surface area contributed by atoms with Gasteiger partial charge in [0.2, 0.25) is 0 Å². The lowest BCUT2D eigenvalue weighted by Gasteiger charge is -1.84. The van der Waals surface area contributed by atoms with E-state index in [4.69, 9.17) is 9.47 Å². The van der Waals surface area contributed by atoms with Crippen LogP contribution in [-0.4, -0.2) is 23.1 Å². The highest BCUT2D eigenvalue weighted by Gasteiger charge is 2.44. The lowest BCUT2D eigenvalue weighted by molar-refractivity contribution is 0.405. The summed E-state index contributed by atoms with van der Waals surface area (Å²) in [5, 5.41) is 0. The largest absolute Gasteiger partial charge is 0.358 e. The van der Waals surface area contributed by atoms with Crippen molar-refractivity contribution in [1.82, 2.24) is 0 Å². The highest BCUT2D eigenvalue weighted by molar-refractivity contribution is 8.00. The van der Waals surface area contributed by atoms with Gasteiger partial charge in [-0.05, 0) is 13.8 Å². The first-order valence-electron chi connectivity index (χ1n) is 3.24. The molecule has 0 aliphatic carbocycles. The van der Waals surface area contributed by atoms with Gasteiger partial charge < -0.3 is 9.47 Å². The van der Waals surface area contributed by atoms with Crippen LogP contribution >= 0.6 is 11.8 Å². The Morgan fingerprint density at radius 2 is 1.33 bits per heavy atom. The highest BCUT2D eigenvalue weighted by Crippen LogP contribution is 2.43. The molecule has 2 aliphatic rings. The molecule has 0 aromatic rings. The number of ether oxygens (including phenoxy) is 2. The van der Waals surface area contributed by atoms with Gasteiger partial charge in [0.25, 0.3) is 0 Å². The van der Waals surface area contributed by atoms with Crippen LogP contribution in [0.5, 0.6) is 0 Å². The van der Waals surface area contributed by atoms with E-state index in [1.807, 2.05) is 0 Å². The van der Waals surface area contributed by atoms with Crippen molar-refractivity contribution in [2.45, 2.75) is 36.9 Å². The summed E-state index contributed by atoms with van der Waals surface area (Å²) in [4.78, 5) is 0. The third kappa shape index (κ3) is 1.23. The Morgan fingerprint density at radius 3 is 1.56 bits per heavy atom. The molecule has 2 saturated heterocycles. The van der Waals surface area contributed by atoms with Crippen LogP contribution < -0.4 is 0 Å². The maximum absolute atomic E-state index is 5.20. The van der Waals surface area contributed by atoms with Crippen molar-refractivity contribution in [2.24, 2.45) is 0 Å². The summed E-state index contributed by atoms with van der Waals surface area (Å²) in [6, 6.07) is 0. The zero-order valence-corrected chi connectivity index (χ0v) is 6.35. The average Bonchev–Trinajstić information content (AvgIpc) is 2.59. The third-order valence-electron chi connectivity index (χ3n) is 1.58. The second-order valence-electron chi connectivity index (χ2n) is 2.56. The number of rotatable bonds is 2. The minimum Gasteiger partial charge on any atom is -0.358 e.